The van der Waals surface area contributed by atoms with E-state index >= 15 is 0 Å². The minimum atomic E-state index is -0.452. The van der Waals surface area contributed by atoms with Crippen LogP contribution in [0, 0.1) is 11.3 Å². The zero-order chi connectivity index (χ0) is 16.1. The van der Waals surface area contributed by atoms with E-state index in [0.29, 0.717) is 35.0 Å². The number of esters is 1. The summed E-state index contributed by atoms with van der Waals surface area (Å²) in [7, 11) is 0. The van der Waals surface area contributed by atoms with Gasteiger partial charge in [-0.05, 0) is 30.3 Å². The van der Waals surface area contributed by atoms with Gasteiger partial charge in [0.15, 0.2) is 11.5 Å². The van der Waals surface area contributed by atoms with Crippen molar-refractivity contribution in [2.45, 2.75) is 0 Å². The zero-order valence-corrected chi connectivity index (χ0v) is 12.1. The monoisotopic (exact) mass is 311 g/mol. The molecule has 1 aliphatic rings. The number of hydrogen-bond acceptors (Lipinski definition) is 7. The lowest BCUT2D eigenvalue weighted by molar-refractivity contribution is 0.0520. The summed E-state index contributed by atoms with van der Waals surface area (Å²) in [5.74, 6) is 1.16. The van der Waals surface area contributed by atoms with Crippen LogP contribution in [-0.2, 0) is 4.74 Å². The third-order valence-corrected chi connectivity index (χ3v) is 3.16. The first kappa shape index (κ1) is 14.7. The fourth-order valence-corrected chi connectivity index (χ4v) is 2.06. The number of aromatic nitrogens is 1. The average molecular weight is 311 g/mol. The maximum absolute atomic E-state index is 12.0. The molecule has 0 saturated carbocycles. The Balaban J connectivity index is 1.51. The van der Waals surface area contributed by atoms with Gasteiger partial charge in [-0.1, -0.05) is 0 Å². The van der Waals surface area contributed by atoms with E-state index in [1.807, 2.05) is 6.07 Å². The first-order valence-corrected chi connectivity index (χ1v) is 6.93. The maximum atomic E-state index is 12.0. The third kappa shape index (κ3) is 3.32. The molecule has 1 aromatic heterocycles. The molecule has 0 fully saturated rings. The minimum Gasteiger partial charge on any atom is -0.460 e. The van der Waals surface area contributed by atoms with Crippen molar-refractivity contribution < 1.29 is 19.0 Å². The number of nitriles is 1. The molecule has 0 spiro atoms. The molecule has 0 atom stereocenters. The summed E-state index contributed by atoms with van der Waals surface area (Å²) in [6.07, 6.45) is 1.59. The van der Waals surface area contributed by atoms with E-state index in [2.05, 4.69) is 10.3 Å². The van der Waals surface area contributed by atoms with Crippen molar-refractivity contribution >= 4 is 11.8 Å². The van der Waals surface area contributed by atoms with Crippen molar-refractivity contribution in [3.05, 3.63) is 47.7 Å². The lowest BCUT2D eigenvalue weighted by Gasteiger charge is -2.08. The second-order valence-corrected chi connectivity index (χ2v) is 4.64. The first-order valence-electron chi connectivity index (χ1n) is 6.93. The number of rotatable bonds is 5. The molecule has 1 aliphatic heterocycles. The summed E-state index contributed by atoms with van der Waals surface area (Å²) in [6, 6.07) is 10.3. The predicted octanol–water partition coefficient (Wildman–Crippen LogP) is 1.95. The van der Waals surface area contributed by atoms with Crippen LogP contribution in [0.2, 0.25) is 0 Å². The number of pyridine rings is 1. The Hall–Kier alpha value is -3.27. The van der Waals surface area contributed by atoms with Gasteiger partial charge in [0.05, 0.1) is 17.7 Å². The Bertz CT molecular complexity index is 770. The van der Waals surface area contributed by atoms with Gasteiger partial charge < -0.3 is 19.5 Å². The smallest absolute Gasteiger partial charge is 0.338 e. The molecule has 0 bridgehead atoms. The number of nitrogens with zero attached hydrogens (tertiary/aromatic N) is 2. The van der Waals surface area contributed by atoms with Gasteiger partial charge in [-0.2, -0.15) is 5.26 Å². The Kier molecular flexibility index (Phi) is 4.25. The molecule has 0 aliphatic carbocycles. The van der Waals surface area contributed by atoms with Crippen molar-refractivity contribution in [2.24, 2.45) is 0 Å². The third-order valence-electron chi connectivity index (χ3n) is 3.16. The Labute approximate surface area is 132 Å². The number of anilines is 1. The quantitative estimate of drug-likeness (QED) is 0.666. The van der Waals surface area contributed by atoms with E-state index in [0.717, 1.165) is 0 Å². The number of carbonyl (C=O) groups is 1. The molecule has 7 nitrogen and oxygen atoms in total. The summed E-state index contributed by atoms with van der Waals surface area (Å²) >= 11 is 0. The van der Waals surface area contributed by atoms with E-state index in [4.69, 9.17) is 19.5 Å². The highest BCUT2D eigenvalue weighted by atomic mass is 16.7. The average Bonchev–Trinajstić information content (AvgIpc) is 3.06. The van der Waals surface area contributed by atoms with Gasteiger partial charge in [0.1, 0.15) is 18.5 Å². The van der Waals surface area contributed by atoms with Crippen molar-refractivity contribution in [1.29, 1.82) is 5.26 Å². The number of hydrogen-bond donors (Lipinski definition) is 1. The molecule has 116 valence electrons. The molecule has 1 N–H and O–H groups in total. The van der Waals surface area contributed by atoms with Crippen molar-refractivity contribution in [2.75, 3.05) is 25.3 Å². The molecule has 2 heterocycles. The summed E-state index contributed by atoms with van der Waals surface area (Å²) in [4.78, 5) is 16.0. The molecular weight excluding hydrogens is 298 g/mol. The standard InChI is InChI=1S/C16H13N3O4/c17-9-12-2-1-5-18-15(12)19-6-7-21-16(20)11-3-4-13-14(8-11)23-10-22-13/h1-5,8H,6-7,10H2,(H,18,19). The predicted molar refractivity (Wildman–Crippen MR) is 80.3 cm³/mol. The number of ether oxygens (including phenoxy) is 3. The molecule has 1 aromatic carbocycles. The zero-order valence-electron chi connectivity index (χ0n) is 12.1. The van der Waals surface area contributed by atoms with Gasteiger partial charge in [-0.25, -0.2) is 9.78 Å². The van der Waals surface area contributed by atoms with Crippen LogP contribution in [0.1, 0.15) is 15.9 Å². The molecule has 0 unspecified atom stereocenters. The van der Waals surface area contributed by atoms with E-state index in [-0.39, 0.29) is 13.4 Å². The molecule has 2 aromatic rings. The molecule has 0 radical (unpaired) electrons. The number of carbonyl (C=O) groups excluding carboxylic acids is 1. The fraction of sp³-hybridized carbons (Fsp3) is 0.188. The van der Waals surface area contributed by atoms with Crippen LogP contribution in [0.4, 0.5) is 5.82 Å². The van der Waals surface area contributed by atoms with Gasteiger partial charge in [-0.3, -0.25) is 0 Å². The highest BCUT2D eigenvalue weighted by Gasteiger charge is 2.16. The summed E-state index contributed by atoms with van der Waals surface area (Å²) in [6.45, 7) is 0.653. The maximum Gasteiger partial charge on any atom is 0.338 e. The number of nitrogens with one attached hydrogen (secondary N) is 1. The second-order valence-electron chi connectivity index (χ2n) is 4.64. The first-order chi connectivity index (χ1) is 11.3. The van der Waals surface area contributed by atoms with Crippen LogP contribution in [0.15, 0.2) is 36.5 Å². The second kappa shape index (κ2) is 6.66. The Morgan fingerprint density at radius 3 is 3.09 bits per heavy atom. The lowest BCUT2D eigenvalue weighted by atomic mass is 10.2. The van der Waals surface area contributed by atoms with E-state index in [1.54, 1.807) is 36.5 Å². The normalized spacial score (nSPS) is 11.6. The fourth-order valence-electron chi connectivity index (χ4n) is 2.06. The summed E-state index contributed by atoms with van der Waals surface area (Å²) in [5.41, 5.74) is 0.833. The van der Waals surface area contributed by atoms with Crippen LogP contribution < -0.4 is 14.8 Å². The van der Waals surface area contributed by atoms with E-state index in [9.17, 15) is 4.79 Å². The minimum absolute atomic E-state index is 0.148. The largest absolute Gasteiger partial charge is 0.460 e. The highest BCUT2D eigenvalue weighted by molar-refractivity contribution is 5.90. The van der Waals surface area contributed by atoms with Gasteiger partial charge in [0, 0.05) is 6.20 Å². The highest BCUT2D eigenvalue weighted by Crippen LogP contribution is 2.32. The summed E-state index contributed by atoms with van der Waals surface area (Å²) in [5, 5.41) is 11.9. The van der Waals surface area contributed by atoms with Crippen LogP contribution in [0.5, 0.6) is 11.5 Å². The van der Waals surface area contributed by atoms with E-state index in [1.165, 1.54) is 0 Å². The molecule has 7 heteroatoms. The topological polar surface area (TPSA) is 93.5 Å². The van der Waals surface area contributed by atoms with Crippen molar-refractivity contribution in [1.82, 2.24) is 4.98 Å². The van der Waals surface area contributed by atoms with Crippen LogP contribution in [0.3, 0.4) is 0 Å². The van der Waals surface area contributed by atoms with Crippen LogP contribution in [-0.4, -0.2) is 30.9 Å². The lowest BCUT2D eigenvalue weighted by Crippen LogP contribution is -2.15. The van der Waals surface area contributed by atoms with Crippen LogP contribution >= 0.6 is 0 Å². The van der Waals surface area contributed by atoms with Crippen molar-refractivity contribution in [3.8, 4) is 17.6 Å². The molecule has 3 rings (SSSR count). The number of fused-ring (bicyclic) bond motifs is 1. The van der Waals surface area contributed by atoms with Crippen molar-refractivity contribution in [3.63, 3.8) is 0 Å². The van der Waals surface area contributed by atoms with E-state index < -0.39 is 5.97 Å². The van der Waals surface area contributed by atoms with Crippen LogP contribution in [0.25, 0.3) is 0 Å². The van der Waals surface area contributed by atoms with Gasteiger partial charge in [0.25, 0.3) is 0 Å². The van der Waals surface area contributed by atoms with Gasteiger partial charge in [0.2, 0.25) is 6.79 Å². The molecule has 0 saturated heterocycles. The molecular formula is C16H13N3O4. The SMILES string of the molecule is N#Cc1cccnc1NCCOC(=O)c1ccc2c(c1)OCO2. The van der Waals surface area contributed by atoms with Gasteiger partial charge in [-0.15, -0.1) is 0 Å². The summed E-state index contributed by atoms with van der Waals surface area (Å²) < 4.78 is 15.6. The Morgan fingerprint density at radius 1 is 1.35 bits per heavy atom. The Morgan fingerprint density at radius 2 is 2.22 bits per heavy atom. The van der Waals surface area contributed by atoms with Gasteiger partial charge >= 0.3 is 5.97 Å². The molecule has 0 amide bonds. The number of benzene rings is 1. The molecule has 23 heavy (non-hydrogen) atoms.